The number of hydrogen-bond acceptors (Lipinski definition) is 3. The molecule has 1 aliphatic carbocycles. The van der Waals surface area contributed by atoms with E-state index in [1.54, 1.807) is 5.57 Å². The molecule has 1 aliphatic rings. The van der Waals surface area contributed by atoms with E-state index >= 15 is 0 Å². The molecule has 0 saturated heterocycles. The molecule has 1 unspecified atom stereocenters. The van der Waals surface area contributed by atoms with Gasteiger partial charge in [0.1, 0.15) is 0 Å². The lowest BCUT2D eigenvalue weighted by Crippen LogP contribution is -2.25. The predicted molar refractivity (Wildman–Crippen MR) is 83.7 cm³/mol. The maximum absolute atomic E-state index is 4.40. The van der Waals surface area contributed by atoms with Crippen LogP contribution in [0.4, 0.5) is 0 Å². The Balaban J connectivity index is 2.36. The molecule has 1 aromatic heterocycles. The number of allylic oxidation sites excluding steroid dienone is 1. The van der Waals surface area contributed by atoms with Crippen molar-refractivity contribution in [1.82, 2.24) is 15.5 Å². The Morgan fingerprint density at radius 3 is 2.80 bits per heavy atom. The maximum atomic E-state index is 4.40. The minimum absolute atomic E-state index is 0.322. The first kappa shape index (κ1) is 15.2. The zero-order chi connectivity index (χ0) is 14.4. The third kappa shape index (κ3) is 3.66. The average molecular weight is 273 g/mol. The van der Waals surface area contributed by atoms with Crippen LogP contribution in [-0.2, 0) is 6.42 Å². The second kappa shape index (κ2) is 7.53. The summed E-state index contributed by atoms with van der Waals surface area (Å²) in [7, 11) is 0. The molecule has 0 bridgehead atoms. The van der Waals surface area contributed by atoms with Crippen LogP contribution in [0.2, 0.25) is 0 Å². The molecule has 1 aromatic rings. The Morgan fingerprint density at radius 2 is 2.05 bits per heavy atom. The summed E-state index contributed by atoms with van der Waals surface area (Å²) < 4.78 is 0. The van der Waals surface area contributed by atoms with Crippen LogP contribution in [0, 0.1) is 6.92 Å². The Bertz CT molecular complexity index is 465. The van der Waals surface area contributed by atoms with Crippen LogP contribution < -0.4 is 5.32 Å². The molecule has 2 rings (SSSR count). The summed E-state index contributed by atoms with van der Waals surface area (Å²) in [5, 5.41) is 12.3. The Kier molecular flexibility index (Phi) is 5.72. The van der Waals surface area contributed by atoms with E-state index in [0.29, 0.717) is 6.04 Å². The highest BCUT2D eigenvalue weighted by Gasteiger charge is 2.20. The average Bonchev–Trinajstić information content (AvgIpc) is 2.73. The molecule has 0 saturated carbocycles. The van der Waals surface area contributed by atoms with Crippen molar-refractivity contribution >= 4 is 0 Å². The maximum Gasteiger partial charge on any atom is 0.0679 e. The number of nitrogens with zero attached hydrogens (tertiary/aromatic N) is 2. The van der Waals surface area contributed by atoms with Gasteiger partial charge in [0.15, 0.2) is 0 Å². The van der Waals surface area contributed by atoms with E-state index in [1.165, 1.54) is 37.7 Å². The molecular weight excluding hydrogens is 246 g/mol. The summed E-state index contributed by atoms with van der Waals surface area (Å²) in [6.07, 6.45) is 9.82. The molecule has 1 atom stereocenters. The van der Waals surface area contributed by atoms with Crippen molar-refractivity contribution < 1.29 is 0 Å². The summed E-state index contributed by atoms with van der Waals surface area (Å²) in [5.74, 6) is 0. The number of aryl methyl sites for hydroxylation is 2. The summed E-state index contributed by atoms with van der Waals surface area (Å²) >= 11 is 0. The van der Waals surface area contributed by atoms with Gasteiger partial charge in [-0.3, -0.25) is 0 Å². The lowest BCUT2D eigenvalue weighted by atomic mass is 9.93. The van der Waals surface area contributed by atoms with E-state index < -0.39 is 0 Å². The van der Waals surface area contributed by atoms with E-state index in [1.807, 2.05) is 6.92 Å². The van der Waals surface area contributed by atoms with Gasteiger partial charge < -0.3 is 5.32 Å². The fourth-order valence-corrected chi connectivity index (χ4v) is 3.01. The van der Waals surface area contributed by atoms with Gasteiger partial charge >= 0.3 is 0 Å². The van der Waals surface area contributed by atoms with E-state index in [9.17, 15) is 0 Å². The third-order valence-corrected chi connectivity index (χ3v) is 4.03. The number of rotatable bonds is 5. The number of hydrogen-bond donors (Lipinski definition) is 1. The van der Waals surface area contributed by atoms with Gasteiger partial charge in [0, 0.05) is 0 Å². The first-order chi connectivity index (χ1) is 9.76. The zero-order valence-corrected chi connectivity index (χ0v) is 13.1. The van der Waals surface area contributed by atoms with Gasteiger partial charge in [0.25, 0.3) is 0 Å². The summed E-state index contributed by atoms with van der Waals surface area (Å²) in [5.41, 5.74) is 5.02. The van der Waals surface area contributed by atoms with Gasteiger partial charge in [-0.05, 0) is 57.2 Å². The van der Waals surface area contributed by atoms with Crippen LogP contribution in [0.1, 0.15) is 68.9 Å². The van der Waals surface area contributed by atoms with E-state index in [2.05, 4.69) is 41.5 Å². The van der Waals surface area contributed by atoms with Gasteiger partial charge in [-0.25, -0.2) is 0 Å². The van der Waals surface area contributed by atoms with Crippen LogP contribution in [0.5, 0.6) is 0 Å². The number of aromatic nitrogens is 2. The van der Waals surface area contributed by atoms with Gasteiger partial charge in [0.05, 0.1) is 17.4 Å². The normalized spacial score (nSPS) is 17.4. The van der Waals surface area contributed by atoms with Crippen molar-refractivity contribution in [3.05, 3.63) is 34.7 Å². The molecule has 1 heterocycles. The molecule has 1 N–H and O–H groups in total. The Labute approximate surface area is 122 Å². The number of nitrogens with one attached hydrogen (secondary N) is 1. The van der Waals surface area contributed by atoms with Gasteiger partial charge in [-0.2, -0.15) is 10.2 Å². The molecular formula is C17H27N3. The minimum atomic E-state index is 0.322. The highest BCUT2D eigenvalue weighted by Crippen LogP contribution is 2.30. The topological polar surface area (TPSA) is 37.8 Å². The van der Waals surface area contributed by atoms with E-state index in [-0.39, 0.29) is 0 Å². The summed E-state index contributed by atoms with van der Waals surface area (Å²) in [6, 6.07) is 2.53. The molecule has 20 heavy (non-hydrogen) atoms. The molecule has 0 radical (unpaired) electrons. The molecule has 0 aromatic carbocycles. The molecule has 0 fully saturated rings. The Morgan fingerprint density at radius 1 is 1.20 bits per heavy atom. The van der Waals surface area contributed by atoms with Crippen molar-refractivity contribution in [2.45, 2.75) is 65.3 Å². The van der Waals surface area contributed by atoms with Gasteiger partial charge in [-0.15, -0.1) is 0 Å². The lowest BCUT2D eigenvalue weighted by Gasteiger charge is -2.23. The van der Waals surface area contributed by atoms with Crippen molar-refractivity contribution in [3.63, 3.8) is 0 Å². The smallest absolute Gasteiger partial charge is 0.0679 e. The van der Waals surface area contributed by atoms with Crippen LogP contribution in [0.15, 0.2) is 17.7 Å². The van der Waals surface area contributed by atoms with Crippen molar-refractivity contribution in [1.29, 1.82) is 0 Å². The number of likely N-dealkylation sites (N-methyl/N-ethyl adjacent to an activating group) is 1. The van der Waals surface area contributed by atoms with Gasteiger partial charge in [-0.1, -0.05) is 31.9 Å². The minimum Gasteiger partial charge on any atom is -0.307 e. The van der Waals surface area contributed by atoms with Crippen molar-refractivity contribution in [2.24, 2.45) is 0 Å². The van der Waals surface area contributed by atoms with E-state index in [0.717, 1.165) is 24.4 Å². The third-order valence-electron chi connectivity index (χ3n) is 4.03. The SMILES string of the molecule is CCNC(C1=CCCCCC1)c1cc(C)nnc1CC. The van der Waals surface area contributed by atoms with Crippen LogP contribution in [-0.4, -0.2) is 16.7 Å². The molecule has 3 nitrogen and oxygen atoms in total. The highest BCUT2D eigenvalue weighted by atomic mass is 15.1. The van der Waals surface area contributed by atoms with Crippen LogP contribution in [0.25, 0.3) is 0 Å². The van der Waals surface area contributed by atoms with Gasteiger partial charge in [0.2, 0.25) is 0 Å². The molecule has 110 valence electrons. The van der Waals surface area contributed by atoms with Crippen LogP contribution in [0.3, 0.4) is 0 Å². The largest absolute Gasteiger partial charge is 0.307 e. The molecule has 0 spiro atoms. The standard InChI is InChI=1S/C17H27N3/c1-4-16-15(12-13(3)19-20-16)17(18-5-2)14-10-8-6-7-9-11-14/h10,12,17-18H,4-9,11H2,1-3H3. The molecule has 0 aliphatic heterocycles. The molecule has 0 amide bonds. The highest BCUT2D eigenvalue weighted by molar-refractivity contribution is 5.32. The zero-order valence-electron chi connectivity index (χ0n) is 13.1. The second-order valence-corrected chi connectivity index (χ2v) is 5.61. The van der Waals surface area contributed by atoms with E-state index in [4.69, 9.17) is 0 Å². The fraction of sp³-hybridized carbons (Fsp3) is 0.647. The first-order valence-corrected chi connectivity index (χ1v) is 8.01. The molecule has 3 heteroatoms. The first-order valence-electron chi connectivity index (χ1n) is 8.01. The summed E-state index contributed by atoms with van der Waals surface area (Å²) in [4.78, 5) is 0. The lowest BCUT2D eigenvalue weighted by molar-refractivity contribution is 0.579. The Hall–Kier alpha value is -1.22. The van der Waals surface area contributed by atoms with Crippen molar-refractivity contribution in [2.75, 3.05) is 6.54 Å². The predicted octanol–water partition coefficient (Wildman–Crippen LogP) is 3.89. The fourth-order valence-electron chi connectivity index (χ4n) is 3.01. The summed E-state index contributed by atoms with van der Waals surface area (Å²) in [6.45, 7) is 7.34. The van der Waals surface area contributed by atoms with Crippen molar-refractivity contribution in [3.8, 4) is 0 Å². The second-order valence-electron chi connectivity index (χ2n) is 5.61. The monoisotopic (exact) mass is 273 g/mol. The van der Waals surface area contributed by atoms with Crippen LogP contribution >= 0.6 is 0 Å². The quantitative estimate of drug-likeness (QED) is 0.827.